The van der Waals surface area contributed by atoms with Crippen LogP contribution in [0.4, 0.5) is 10.8 Å². The fraction of sp³-hybridized carbons (Fsp3) is 0.412. The number of benzene rings is 1. The van der Waals surface area contributed by atoms with Crippen LogP contribution in [0.5, 0.6) is 0 Å². The summed E-state index contributed by atoms with van der Waals surface area (Å²) in [7, 11) is 0. The van der Waals surface area contributed by atoms with E-state index in [4.69, 9.17) is 4.74 Å². The minimum atomic E-state index is -0.567. The van der Waals surface area contributed by atoms with Crippen LogP contribution in [-0.2, 0) is 11.3 Å². The normalized spacial score (nSPS) is 20.7. The van der Waals surface area contributed by atoms with Crippen molar-refractivity contribution in [3.8, 4) is 0 Å². The molecule has 1 aliphatic heterocycles. The van der Waals surface area contributed by atoms with E-state index in [1.807, 2.05) is 19.2 Å². The smallest absolute Gasteiger partial charge is 0.282 e. The highest BCUT2D eigenvalue weighted by Crippen LogP contribution is 2.22. The first kappa shape index (κ1) is 18.4. The summed E-state index contributed by atoms with van der Waals surface area (Å²) in [5.41, 5.74) is 0.650. The summed E-state index contributed by atoms with van der Waals surface area (Å²) >= 11 is 1.31. The second kappa shape index (κ2) is 7.90. The zero-order valence-corrected chi connectivity index (χ0v) is 15.4. The Balaban J connectivity index is 1.65. The zero-order valence-electron chi connectivity index (χ0n) is 14.5. The molecule has 1 amide bonds. The molecule has 138 valence electrons. The highest BCUT2D eigenvalue weighted by molar-refractivity contribution is 7.14. The first-order chi connectivity index (χ1) is 12.4. The highest BCUT2D eigenvalue weighted by atomic mass is 32.1. The summed E-state index contributed by atoms with van der Waals surface area (Å²) in [5, 5.41) is 16.0. The van der Waals surface area contributed by atoms with Crippen LogP contribution in [0.15, 0.2) is 29.6 Å². The number of nitro benzene ring substituents is 1. The number of nitrogens with zero attached hydrogens (tertiary/aromatic N) is 3. The van der Waals surface area contributed by atoms with Crippen LogP contribution in [0.2, 0.25) is 0 Å². The molecule has 0 bridgehead atoms. The molecule has 0 radical (unpaired) electrons. The number of hydrogen-bond donors (Lipinski definition) is 1. The van der Waals surface area contributed by atoms with E-state index >= 15 is 0 Å². The van der Waals surface area contributed by atoms with Crippen LogP contribution < -0.4 is 5.32 Å². The number of carbonyl (C=O) groups is 1. The van der Waals surface area contributed by atoms with Gasteiger partial charge in [-0.05, 0) is 19.9 Å². The van der Waals surface area contributed by atoms with Crippen molar-refractivity contribution in [3.05, 3.63) is 51.0 Å². The first-order valence-corrected chi connectivity index (χ1v) is 9.17. The predicted molar refractivity (Wildman–Crippen MR) is 98.4 cm³/mol. The number of ether oxygens (including phenoxy) is 1. The van der Waals surface area contributed by atoms with Crippen LogP contribution in [0, 0.1) is 10.1 Å². The molecular weight excluding hydrogens is 356 g/mol. The number of nitro groups is 1. The Bertz CT molecular complexity index is 800. The van der Waals surface area contributed by atoms with Crippen molar-refractivity contribution < 1.29 is 14.5 Å². The number of thiazole rings is 1. The number of morpholine rings is 1. The Hall–Kier alpha value is -2.36. The molecule has 0 spiro atoms. The van der Waals surface area contributed by atoms with E-state index in [1.54, 1.807) is 6.07 Å². The van der Waals surface area contributed by atoms with Gasteiger partial charge in [0.1, 0.15) is 5.56 Å². The van der Waals surface area contributed by atoms with Gasteiger partial charge in [-0.2, -0.15) is 0 Å². The number of anilines is 1. The SMILES string of the molecule is C[C@@H]1CN(Cc2csc(NC(=O)c3ccccc3[N+](=O)[O-])n2)C[C@@H](C)O1. The Morgan fingerprint density at radius 1 is 1.38 bits per heavy atom. The maximum absolute atomic E-state index is 12.3. The minimum absolute atomic E-state index is 0.0186. The van der Waals surface area contributed by atoms with Crippen LogP contribution in [-0.4, -0.2) is 46.0 Å². The molecule has 1 aromatic carbocycles. The largest absolute Gasteiger partial charge is 0.373 e. The number of carbonyl (C=O) groups excluding carboxylic acids is 1. The van der Waals surface area contributed by atoms with Gasteiger partial charge in [-0.25, -0.2) is 4.98 Å². The van der Waals surface area contributed by atoms with Crippen molar-refractivity contribution in [1.82, 2.24) is 9.88 Å². The van der Waals surface area contributed by atoms with Crippen molar-refractivity contribution >= 4 is 28.1 Å². The third kappa shape index (κ3) is 4.43. The molecule has 2 heterocycles. The molecule has 1 aliphatic rings. The number of para-hydroxylation sites is 1. The van der Waals surface area contributed by atoms with Gasteiger partial charge in [-0.15, -0.1) is 11.3 Å². The molecule has 3 rings (SSSR count). The summed E-state index contributed by atoms with van der Waals surface area (Å²) in [4.78, 5) is 29.5. The van der Waals surface area contributed by atoms with Crippen molar-refractivity contribution in [2.24, 2.45) is 0 Å². The van der Waals surface area contributed by atoms with Crippen LogP contribution in [0.25, 0.3) is 0 Å². The third-order valence-corrected chi connectivity index (χ3v) is 4.80. The summed E-state index contributed by atoms with van der Waals surface area (Å²) in [6.07, 6.45) is 0.352. The van der Waals surface area contributed by atoms with Gasteiger partial charge in [0.05, 0.1) is 22.8 Å². The Morgan fingerprint density at radius 2 is 2.08 bits per heavy atom. The van der Waals surface area contributed by atoms with Crippen LogP contribution in [0.1, 0.15) is 29.9 Å². The summed E-state index contributed by atoms with van der Waals surface area (Å²) in [5.74, 6) is -0.535. The van der Waals surface area contributed by atoms with E-state index < -0.39 is 10.8 Å². The molecule has 1 saturated heterocycles. The average molecular weight is 376 g/mol. The molecule has 26 heavy (non-hydrogen) atoms. The van der Waals surface area contributed by atoms with E-state index in [9.17, 15) is 14.9 Å². The van der Waals surface area contributed by atoms with Crippen LogP contribution in [0.3, 0.4) is 0 Å². The first-order valence-electron chi connectivity index (χ1n) is 8.29. The molecular formula is C17H20N4O4S. The van der Waals surface area contributed by atoms with Gasteiger partial charge in [0, 0.05) is 31.1 Å². The van der Waals surface area contributed by atoms with Gasteiger partial charge in [0.2, 0.25) is 0 Å². The van der Waals surface area contributed by atoms with Gasteiger partial charge in [-0.3, -0.25) is 25.1 Å². The summed E-state index contributed by atoms with van der Waals surface area (Å²) < 4.78 is 5.72. The molecule has 0 saturated carbocycles. The lowest BCUT2D eigenvalue weighted by atomic mass is 10.1. The van der Waals surface area contributed by atoms with Gasteiger partial charge in [0.15, 0.2) is 5.13 Å². The fourth-order valence-electron chi connectivity index (χ4n) is 3.07. The van der Waals surface area contributed by atoms with Gasteiger partial charge < -0.3 is 4.74 Å². The maximum atomic E-state index is 12.3. The minimum Gasteiger partial charge on any atom is -0.373 e. The second-order valence-corrected chi connectivity index (χ2v) is 7.18. The number of rotatable bonds is 5. The lowest BCUT2D eigenvalue weighted by Gasteiger charge is -2.34. The topological polar surface area (TPSA) is 97.6 Å². The van der Waals surface area contributed by atoms with E-state index in [-0.39, 0.29) is 23.5 Å². The van der Waals surface area contributed by atoms with E-state index in [1.165, 1.54) is 29.5 Å². The molecule has 1 aromatic heterocycles. The third-order valence-electron chi connectivity index (χ3n) is 4.00. The zero-order chi connectivity index (χ0) is 18.7. The molecule has 2 atom stereocenters. The molecule has 2 aromatic rings. The van der Waals surface area contributed by atoms with E-state index in [0.29, 0.717) is 11.7 Å². The Morgan fingerprint density at radius 3 is 2.77 bits per heavy atom. The predicted octanol–water partition coefficient (Wildman–Crippen LogP) is 2.91. The number of amides is 1. The molecule has 0 aliphatic carbocycles. The summed E-state index contributed by atoms with van der Waals surface area (Å²) in [6.45, 7) is 6.43. The van der Waals surface area contributed by atoms with Crippen molar-refractivity contribution in [2.75, 3.05) is 18.4 Å². The molecule has 8 nitrogen and oxygen atoms in total. The van der Waals surface area contributed by atoms with E-state index in [2.05, 4.69) is 15.2 Å². The van der Waals surface area contributed by atoms with Crippen LogP contribution >= 0.6 is 11.3 Å². The maximum Gasteiger partial charge on any atom is 0.282 e. The quantitative estimate of drug-likeness (QED) is 0.636. The Kier molecular flexibility index (Phi) is 5.60. The second-order valence-electron chi connectivity index (χ2n) is 6.32. The van der Waals surface area contributed by atoms with Gasteiger partial charge in [-0.1, -0.05) is 12.1 Å². The number of nitrogens with one attached hydrogen (secondary N) is 1. The van der Waals surface area contributed by atoms with Crippen molar-refractivity contribution in [1.29, 1.82) is 0 Å². The lowest BCUT2D eigenvalue weighted by Crippen LogP contribution is -2.44. The number of hydrogen-bond acceptors (Lipinski definition) is 7. The lowest BCUT2D eigenvalue weighted by molar-refractivity contribution is -0.385. The van der Waals surface area contributed by atoms with Crippen molar-refractivity contribution in [2.45, 2.75) is 32.6 Å². The highest BCUT2D eigenvalue weighted by Gasteiger charge is 2.23. The van der Waals surface area contributed by atoms with Gasteiger partial charge >= 0.3 is 0 Å². The molecule has 1 fully saturated rings. The standard InChI is InChI=1S/C17H20N4O4S/c1-11-7-20(8-12(2)25-11)9-13-10-26-17(18-13)19-16(22)14-5-3-4-6-15(14)21(23)24/h3-6,10-12H,7-9H2,1-2H3,(H,18,19,22)/t11-,12-/m1/s1. The summed E-state index contributed by atoms with van der Waals surface area (Å²) in [6, 6.07) is 5.86. The fourth-order valence-corrected chi connectivity index (χ4v) is 3.77. The molecule has 1 N–H and O–H groups in total. The average Bonchev–Trinajstić information content (AvgIpc) is 3.00. The monoisotopic (exact) mass is 376 g/mol. The Labute approximate surface area is 154 Å². The van der Waals surface area contributed by atoms with Crippen molar-refractivity contribution in [3.63, 3.8) is 0 Å². The van der Waals surface area contributed by atoms with Gasteiger partial charge in [0.25, 0.3) is 11.6 Å². The molecule has 0 unspecified atom stereocenters. The molecule has 9 heteroatoms. The number of aromatic nitrogens is 1. The van der Waals surface area contributed by atoms with E-state index in [0.717, 1.165) is 18.8 Å².